The maximum absolute atomic E-state index is 10.3. The maximum atomic E-state index is 10.3. The lowest BCUT2D eigenvalue weighted by atomic mass is 9.92. The smallest absolute Gasteiger partial charge is 0.0792 e. The fourth-order valence-corrected chi connectivity index (χ4v) is 2.60. The van der Waals surface area contributed by atoms with Crippen molar-refractivity contribution in [3.05, 3.63) is 60.2 Å². The molecule has 20 heavy (non-hydrogen) atoms. The zero-order chi connectivity index (χ0) is 14.4. The molecule has 2 rings (SSSR count). The van der Waals surface area contributed by atoms with E-state index in [-0.39, 0.29) is 6.10 Å². The van der Waals surface area contributed by atoms with Crippen LogP contribution in [0.3, 0.4) is 0 Å². The number of rotatable bonds is 6. The fraction of sp³-hybridized carbons (Fsp3) is 0.368. The van der Waals surface area contributed by atoms with E-state index in [1.54, 1.807) is 0 Å². The quantitative estimate of drug-likeness (QED) is 0.762. The van der Waals surface area contributed by atoms with Crippen molar-refractivity contribution in [1.29, 1.82) is 0 Å². The first-order chi connectivity index (χ1) is 9.74. The van der Waals surface area contributed by atoms with E-state index in [1.165, 1.54) is 11.1 Å². The van der Waals surface area contributed by atoms with E-state index in [2.05, 4.69) is 50.2 Å². The first-order valence-electron chi connectivity index (χ1n) is 7.58. The Morgan fingerprint density at radius 2 is 1.35 bits per heavy atom. The minimum atomic E-state index is -0.343. The number of aliphatic hydroxyl groups excluding tert-OH is 1. The lowest BCUT2D eigenvalue weighted by molar-refractivity contribution is 0.141. The molecule has 1 N–H and O–H groups in total. The second kappa shape index (κ2) is 7.25. The molecule has 0 spiro atoms. The Morgan fingerprint density at radius 3 is 1.90 bits per heavy atom. The van der Waals surface area contributed by atoms with Gasteiger partial charge in [-0.2, -0.15) is 0 Å². The van der Waals surface area contributed by atoms with Gasteiger partial charge in [0, 0.05) is 0 Å². The zero-order valence-electron chi connectivity index (χ0n) is 12.4. The van der Waals surface area contributed by atoms with E-state index < -0.39 is 0 Å². The molecule has 0 aliphatic carbocycles. The standard InChI is InChI=1S/C19H24O/c1-3-15(4-2)14-19(20)18-12-10-17(11-13-18)16-8-6-5-7-9-16/h5-13,15,19-20H,3-4,14H2,1-2H3. The molecular weight excluding hydrogens is 244 g/mol. The summed E-state index contributed by atoms with van der Waals surface area (Å²) in [6.07, 6.45) is 2.79. The van der Waals surface area contributed by atoms with Gasteiger partial charge in [0.1, 0.15) is 0 Å². The predicted octanol–water partition coefficient (Wildman–Crippen LogP) is 5.21. The molecule has 0 saturated carbocycles. The van der Waals surface area contributed by atoms with Crippen LogP contribution in [-0.4, -0.2) is 5.11 Å². The molecule has 0 heterocycles. The van der Waals surface area contributed by atoms with Gasteiger partial charge < -0.3 is 5.11 Å². The number of hydrogen-bond donors (Lipinski definition) is 1. The van der Waals surface area contributed by atoms with Crippen molar-refractivity contribution < 1.29 is 5.11 Å². The highest BCUT2D eigenvalue weighted by molar-refractivity contribution is 5.63. The van der Waals surface area contributed by atoms with Crippen molar-refractivity contribution in [2.75, 3.05) is 0 Å². The predicted molar refractivity (Wildman–Crippen MR) is 85.5 cm³/mol. The van der Waals surface area contributed by atoms with E-state index in [4.69, 9.17) is 0 Å². The Morgan fingerprint density at radius 1 is 0.800 bits per heavy atom. The van der Waals surface area contributed by atoms with Gasteiger partial charge in [-0.05, 0) is 29.0 Å². The molecule has 1 unspecified atom stereocenters. The van der Waals surface area contributed by atoms with Crippen molar-refractivity contribution >= 4 is 0 Å². The van der Waals surface area contributed by atoms with Gasteiger partial charge in [-0.15, -0.1) is 0 Å². The lowest BCUT2D eigenvalue weighted by Gasteiger charge is -2.18. The summed E-state index contributed by atoms with van der Waals surface area (Å²) in [4.78, 5) is 0. The fourth-order valence-electron chi connectivity index (χ4n) is 2.60. The highest BCUT2D eigenvalue weighted by Crippen LogP contribution is 2.27. The molecule has 0 saturated heterocycles. The first-order valence-corrected chi connectivity index (χ1v) is 7.58. The summed E-state index contributed by atoms with van der Waals surface area (Å²) in [5.41, 5.74) is 3.44. The van der Waals surface area contributed by atoms with Gasteiger partial charge in [0.15, 0.2) is 0 Å². The average Bonchev–Trinajstić information content (AvgIpc) is 2.53. The van der Waals surface area contributed by atoms with E-state index in [0.717, 1.165) is 24.8 Å². The van der Waals surface area contributed by atoms with E-state index >= 15 is 0 Å². The van der Waals surface area contributed by atoms with Crippen LogP contribution in [0.2, 0.25) is 0 Å². The van der Waals surface area contributed by atoms with Crippen molar-refractivity contribution in [3.8, 4) is 11.1 Å². The number of aliphatic hydroxyl groups is 1. The molecule has 0 aliphatic rings. The Bertz CT molecular complexity index is 497. The van der Waals surface area contributed by atoms with Crippen LogP contribution in [0.25, 0.3) is 11.1 Å². The summed E-state index contributed by atoms with van der Waals surface area (Å²) in [5.74, 6) is 0.610. The molecule has 0 aromatic heterocycles. The third-order valence-electron chi connectivity index (χ3n) is 4.11. The highest BCUT2D eigenvalue weighted by Gasteiger charge is 2.13. The minimum absolute atomic E-state index is 0.343. The van der Waals surface area contributed by atoms with Crippen LogP contribution in [0.5, 0.6) is 0 Å². The van der Waals surface area contributed by atoms with E-state index in [0.29, 0.717) is 5.92 Å². The summed E-state index contributed by atoms with van der Waals surface area (Å²) >= 11 is 0. The van der Waals surface area contributed by atoms with Crippen LogP contribution in [0, 0.1) is 5.92 Å². The first kappa shape index (κ1) is 14.8. The van der Waals surface area contributed by atoms with E-state index in [1.807, 2.05) is 18.2 Å². The molecule has 0 aliphatic heterocycles. The minimum Gasteiger partial charge on any atom is -0.388 e. The van der Waals surface area contributed by atoms with Crippen LogP contribution in [0.15, 0.2) is 54.6 Å². The Kier molecular flexibility index (Phi) is 5.37. The summed E-state index contributed by atoms with van der Waals surface area (Å²) in [6, 6.07) is 18.6. The van der Waals surface area contributed by atoms with Crippen LogP contribution in [-0.2, 0) is 0 Å². The second-order valence-corrected chi connectivity index (χ2v) is 5.42. The topological polar surface area (TPSA) is 20.2 Å². The molecular formula is C19H24O. The van der Waals surface area contributed by atoms with Crippen molar-refractivity contribution in [2.45, 2.75) is 39.2 Å². The molecule has 2 aromatic rings. The Hall–Kier alpha value is -1.60. The van der Waals surface area contributed by atoms with Gasteiger partial charge in [0.25, 0.3) is 0 Å². The molecule has 2 aromatic carbocycles. The SMILES string of the molecule is CCC(CC)CC(O)c1ccc(-c2ccccc2)cc1. The van der Waals surface area contributed by atoms with Gasteiger partial charge in [-0.1, -0.05) is 81.3 Å². The molecule has 0 bridgehead atoms. The largest absolute Gasteiger partial charge is 0.388 e. The average molecular weight is 268 g/mol. The van der Waals surface area contributed by atoms with Gasteiger partial charge in [-0.3, -0.25) is 0 Å². The highest BCUT2D eigenvalue weighted by atomic mass is 16.3. The molecule has 106 valence electrons. The van der Waals surface area contributed by atoms with Crippen LogP contribution in [0.4, 0.5) is 0 Å². The molecule has 0 fully saturated rings. The van der Waals surface area contributed by atoms with Crippen LogP contribution >= 0.6 is 0 Å². The van der Waals surface area contributed by atoms with Crippen molar-refractivity contribution in [3.63, 3.8) is 0 Å². The van der Waals surface area contributed by atoms with Crippen molar-refractivity contribution in [2.24, 2.45) is 5.92 Å². The summed E-state index contributed by atoms with van der Waals surface area (Å²) in [7, 11) is 0. The number of benzene rings is 2. The van der Waals surface area contributed by atoms with E-state index in [9.17, 15) is 5.11 Å². The monoisotopic (exact) mass is 268 g/mol. The molecule has 0 radical (unpaired) electrons. The molecule has 1 atom stereocenters. The summed E-state index contributed by atoms with van der Waals surface area (Å²) < 4.78 is 0. The van der Waals surface area contributed by atoms with Crippen LogP contribution < -0.4 is 0 Å². The van der Waals surface area contributed by atoms with Gasteiger partial charge in [-0.25, -0.2) is 0 Å². The Balaban J connectivity index is 2.08. The zero-order valence-corrected chi connectivity index (χ0v) is 12.4. The lowest BCUT2D eigenvalue weighted by Crippen LogP contribution is -2.05. The Labute approximate surface area is 122 Å². The summed E-state index contributed by atoms with van der Waals surface area (Å²) in [6.45, 7) is 4.39. The van der Waals surface area contributed by atoms with Crippen molar-refractivity contribution in [1.82, 2.24) is 0 Å². The normalized spacial score (nSPS) is 12.6. The van der Waals surface area contributed by atoms with Crippen LogP contribution in [0.1, 0.15) is 44.8 Å². The third kappa shape index (κ3) is 3.71. The maximum Gasteiger partial charge on any atom is 0.0792 e. The number of hydrogen-bond acceptors (Lipinski definition) is 1. The van der Waals surface area contributed by atoms with Gasteiger partial charge >= 0.3 is 0 Å². The third-order valence-corrected chi connectivity index (χ3v) is 4.11. The molecule has 1 heteroatoms. The molecule has 0 amide bonds. The van der Waals surface area contributed by atoms with Gasteiger partial charge in [0.05, 0.1) is 6.10 Å². The molecule has 1 nitrogen and oxygen atoms in total. The summed E-state index contributed by atoms with van der Waals surface area (Å²) in [5, 5.41) is 10.3. The van der Waals surface area contributed by atoms with Gasteiger partial charge in [0.2, 0.25) is 0 Å². The second-order valence-electron chi connectivity index (χ2n) is 5.42.